The standard InChI is InChI=1S/C13H13ClFN/c1-7(2)12-6-11(14)10-5-9(15)4-8(3)13(10)16-12/h4-7H,1-3H3. The summed E-state index contributed by atoms with van der Waals surface area (Å²) in [5, 5.41) is 1.25. The molecule has 0 spiro atoms. The second kappa shape index (κ2) is 4.02. The zero-order valence-corrected chi connectivity index (χ0v) is 10.3. The minimum Gasteiger partial charge on any atom is -0.252 e. The number of pyridine rings is 1. The van der Waals surface area contributed by atoms with E-state index in [0.29, 0.717) is 16.3 Å². The molecular formula is C13H13ClFN. The zero-order chi connectivity index (χ0) is 11.9. The Kier molecular flexibility index (Phi) is 2.85. The lowest BCUT2D eigenvalue weighted by molar-refractivity contribution is 0.628. The van der Waals surface area contributed by atoms with Crippen molar-refractivity contribution in [2.75, 3.05) is 0 Å². The maximum Gasteiger partial charge on any atom is 0.124 e. The molecule has 0 saturated heterocycles. The average molecular weight is 238 g/mol. The number of aryl methyl sites for hydroxylation is 1. The molecule has 0 N–H and O–H groups in total. The van der Waals surface area contributed by atoms with E-state index in [1.165, 1.54) is 12.1 Å². The maximum atomic E-state index is 13.3. The molecule has 1 heterocycles. The Morgan fingerprint density at radius 2 is 1.94 bits per heavy atom. The van der Waals surface area contributed by atoms with Gasteiger partial charge in [-0.15, -0.1) is 0 Å². The third-order valence-corrected chi connectivity index (χ3v) is 2.94. The van der Waals surface area contributed by atoms with Crippen molar-refractivity contribution in [1.29, 1.82) is 0 Å². The number of benzene rings is 1. The molecule has 16 heavy (non-hydrogen) atoms. The highest BCUT2D eigenvalue weighted by molar-refractivity contribution is 6.35. The Balaban J connectivity index is 2.82. The molecule has 0 aliphatic carbocycles. The molecule has 0 amide bonds. The molecule has 0 atom stereocenters. The summed E-state index contributed by atoms with van der Waals surface area (Å²) in [6.45, 7) is 5.96. The summed E-state index contributed by atoms with van der Waals surface area (Å²) in [6.07, 6.45) is 0. The van der Waals surface area contributed by atoms with Gasteiger partial charge in [0.05, 0.1) is 10.5 Å². The van der Waals surface area contributed by atoms with Crippen molar-refractivity contribution in [3.63, 3.8) is 0 Å². The molecule has 2 aromatic rings. The van der Waals surface area contributed by atoms with Crippen LogP contribution in [0.2, 0.25) is 5.02 Å². The smallest absolute Gasteiger partial charge is 0.124 e. The number of halogens is 2. The van der Waals surface area contributed by atoms with Gasteiger partial charge in [0.1, 0.15) is 5.82 Å². The van der Waals surface area contributed by atoms with Gasteiger partial charge < -0.3 is 0 Å². The van der Waals surface area contributed by atoms with Crippen molar-refractivity contribution < 1.29 is 4.39 Å². The zero-order valence-electron chi connectivity index (χ0n) is 9.51. The number of aromatic nitrogens is 1. The van der Waals surface area contributed by atoms with E-state index in [0.717, 1.165) is 16.8 Å². The monoisotopic (exact) mass is 237 g/mol. The number of nitrogens with zero attached hydrogens (tertiary/aromatic N) is 1. The van der Waals surface area contributed by atoms with Crippen LogP contribution in [-0.4, -0.2) is 4.98 Å². The van der Waals surface area contributed by atoms with Crippen molar-refractivity contribution in [1.82, 2.24) is 4.98 Å². The molecule has 0 aliphatic rings. The largest absolute Gasteiger partial charge is 0.252 e. The van der Waals surface area contributed by atoms with Gasteiger partial charge in [0.15, 0.2) is 0 Å². The fourth-order valence-electron chi connectivity index (χ4n) is 1.73. The van der Waals surface area contributed by atoms with Crippen molar-refractivity contribution >= 4 is 22.5 Å². The van der Waals surface area contributed by atoms with Crippen molar-refractivity contribution in [2.45, 2.75) is 26.7 Å². The highest BCUT2D eigenvalue weighted by Gasteiger charge is 2.10. The van der Waals surface area contributed by atoms with Crippen LogP contribution in [0.4, 0.5) is 4.39 Å². The van der Waals surface area contributed by atoms with Gasteiger partial charge in [-0.25, -0.2) is 4.39 Å². The maximum absolute atomic E-state index is 13.3. The Bertz CT molecular complexity index is 549. The van der Waals surface area contributed by atoms with Crippen LogP contribution in [-0.2, 0) is 0 Å². The first-order chi connectivity index (χ1) is 7.49. The molecule has 84 valence electrons. The first-order valence-corrected chi connectivity index (χ1v) is 5.63. The first kappa shape index (κ1) is 11.3. The highest BCUT2D eigenvalue weighted by Crippen LogP contribution is 2.28. The fraction of sp³-hybridized carbons (Fsp3) is 0.308. The van der Waals surface area contributed by atoms with Crippen molar-refractivity contribution in [3.05, 3.63) is 40.3 Å². The SMILES string of the molecule is Cc1cc(F)cc2c(Cl)cc(C(C)C)nc12. The van der Waals surface area contributed by atoms with Crippen LogP contribution in [0.1, 0.15) is 31.0 Å². The normalized spacial score (nSPS) is 11.4. The van der Waals surface area contributed by atoms with E-state index in [-0.39, 0.29) is 5.82 Å². The Hall–Kier alpha value is -1.15. The summed E-state index contributed by atoms with van der Waals surface area (Å²) in [5.74, 6) is 0.0392. The van der Waals surface area contributed by atoms with Crippen molar-refractivity contribution in [2.24, 2.45) is 0 Å². The molecule has 0 radical (unpaired) electrons. The number of rotatable bonds is 1. The highest BCUT2D eigenvalue weighted by atomic mass is 35.5. The molecule has 0 saturated carbocycles. The van der Waals surface area contributed by atoms with Crippen LogP contribution in [0.15, 0.2) is 18.2 Å². The van der Waals surface area contributed by atoms with Crippen LogP contribution in [0, 0.1) is 12.7 Å². The average Bonchev–Trinajstić information content (AvgIpc) is 2.19. The minimum absolute atomic E-state index is 0.272. The van der Waals surface area contributed by atoms with Gasteiger partial charge in [-0.2, -0.15) is 0 Å². The number of hydrogen-bond acceptors (Lipinski definition) is 1. The predicted octanol–water partition coefficient (Wildman–Crippen LogP) is 4.46. The van der Waals surface area contributed by atoms with Gasteiger partial charge in [0.2, 0.25) is 0 Å². The Morgan fingerprint density at radius 1 is 1.25 bits per heavy atom. The van der Waals surface area contributed by atoms with E-state index in [4.69, 9.17) is 11.6 Å². The lowest BCUT2D eigenvalue weighted by Gasteiger charge is -2.09. The van der Waals surface area contributed by atoms with Gasteiger partial charge in [-0.3, -0.25) is 4.98 Å². The first-order valence-electron chi connectivity index (χ1n) is 5.25. The number of hydrogen-bond donors (Lipinski definition) is 0. The molecule has 0 unspecified atom stereocenters. The summed E-state index contributed by atoms with van der Waals surface area (Å²) in [7, 11) is 0. The van der Waals surface area contributed by atoms with Gasteiger partial charge in [0, 0.05) is 11.1 Å². The van der Waals surface area contributed by atoms with Gasteiger partial charge in [0.25, 0.3) is 0 Å². The number of fused-ring (bicyclic) bond motifs is 1. The van der Waals surface area contributed by atoms with E-state index in [2.05, 4.69) is 18.8 Å². The second-order valence-corrected chi connectivity index (χ2v) is 4.71. The minimum atomic E-state index is -0.272. The van der Waals surface area contributed by atoms with Crippen LogP contribution in [0.3, 0.4) is 0 Å². The lowest BCUT2D eigenvalue weighted by Crippen LogP contribution is -1.95. The van der Waals surface area contributed by atoms with Gasteiger partial charge in [-0.1, -0.05) is 25.4 Å². The molecule has 1 aromatic heterocycles. The third kappa shape index (κ3) is 1.90. The quantitative estimate of drug-likeness (QED) is 0.714. The van der Waals surface area contributed by atoms with Crippen LogP contribution < -0.4 is 0 Å². The summed E-state index contributed by atoms with van der Waals surface area (Å²) >= 11 is 6.14. The summed E-state index contributed by atoms with van der Waals surface area (Å²) in [5.41, 5.74) is 2.55. The molecule has 0 fully saturated rings. The molecule has 2 rings (SSSR count). The van der Waals surface area contributed by atoms with Crippen LogP contribution >= 0.6 is 11.6 Å². The third-order valence-electron chi connectivity index (χ3n) is 2.63. The van der Waals surface area contributed by atoms with E-state index < -0.39 is 0 Å². The molecule has 0 aliphatic heterocycles. The van der Waals surface area contributed by atoms with E-state index in [1.807, 2.05) is 13.0 Å². The van der Waals surface area contributed by atoms with Gasteiger partial charge >= 0.3 is 0 Å². The fourth-order valence-corrected chi connectivity index (χ4v) is 1.99. The van der Waals surface area contributed by atoms with Crippen molar-refractivity contribution in [3.8, 4) is 0 Å². The van der Waals surface area contributed by atoms with Crippen LogP contribution in [0.5, 0.6) is 0 Å². The molecule has 1 nitrogen and oxygen atoms in total. The predicted molar refractivity (Wildman–Crippen MR) is 65.5 cm³/mol. The Morgan fingerprint density at radius 3 is 2.56 bits per heavy atom. The molecular weight excluding hydrogens is 225 g/mol. The van der Waals surface area contributed by atoms with E-state index in [9.17, 15) is 4.39 Å². The van der Waals surface area contributed by atoms with Gasteiger partial charge in [-0.05, 0) is 36.6 Å². The molecule has 0 bridgehead atoms. The van der Waals surface area contributed by atoms with Crippen LogP contribution in [0.25, 0.3) is 10.9 Å². The second-order valence-electron chi connectivity index (χ2n) is 4.30. The molecule has 1 aromatic carbocycles. The topological polar surface area (TPSA) is 12.9 Å². The summed E-state index contributed by atoms with van der Waals surface area (Å²) in [6, 6.07) is 4.73. The van der Waals surface area contributed by atoms with E-state index >= 15 is 0 Å². The summed E-state index contributed by atoms with van der Waals surface area (Å²) in [4.78, 5) is 4.53. The Labute approximate surface area is 99.3 Å². The lowest BCUT2D eigenvalue weighted by atomic mass is 10.1. The summed E-state index contributed by atoms with van der Waals surface area (Å²) < 4.78 is 13.3. The van der Waals surface area contributed by atoms with E-state index in [1.54, 1.807) is 0 Å². The molecule has 3 heteroatoms.